The highest BCUT2D eigenvalue weighted by molar-refractivity contribution is 5.76. The van der Waals surface area contributed by atoms with E-state index in [9.17, 15) is 4.79 Å². The Balaban J connectivity index is 0.946. The summed E-state index contributed by atoms with van der Waals surface area (Å²) in [7, 11) is 0. The smallest absolute Gasteiger partial charge is 0.319 e. The highest BCUT2D eigenvalue weighted by Crippen LogP contribution is 2.38. The summed E-state index contributed by atoms with van der Waals surface area (Å²) in [6.07, 6.45) is 9.29. The topological polar surface area (TPSA) is 63.2 Å². The van der Waals surface area contributed by atoms with Crippen LogP contribution in [-0.4, -0.2) is 44.3 Å². The molecule has 0 radical (unpaired) electrons. The lowest BCUT2D eigenvalue weighted by atomic mass is 9.79. The molecule has 2 heterocycles. The van der Waals surface area contributed by atoms with Crippen molar-refractivity contribution in [3.8, 4) is 11.5 Å². The maximum Gasteiger partial charge on any atom is 0.319 e. The van der Waals surface area contributed by atoms with Crippen LogP contribution in [0.25, 0.3) is 0 Å². The van der Waals surface area contributed by atoms with Gasteiger partial charge in [-0.3, -0.25) is 4.79 Å². The lowest BCUT2D eigenvalue weighted by Crippen LogP contribution is -2.35. The Labute approximate surface area is 238 Å². The van der Waals surface area contributed by atoms with E-state index in [2.05, 4.69) is 38.1 Å². The van der Waals surface area contributed by atoms with Crippen LogP contribution in [0.1, 0.15) is 88.2 Å². The van der Waals surface area contributed by atoms with Gasteiger partial charge in [0.15, 0.2) is 6.79 Å². The fraction of sp³-hybridized carbons (Fsp3) is 0.618. The molecule has 2 saturated carbocycles. The van der Waals surface area contributed by atoms with Crippen molar-refractivity contribution < 1.29 is 28.5 Å². The van der Waals surface area contributed by atoms with E-state index in [4.69, 9.17) is 23.7 Å². The van der Waals surface area contributed by atoms with Gasteiger partial charge in [-0.05, 0) is 84.7 Å². The Morgan fingerprint density at radius 1 is 0.700 bits per heavy atom. The molecular weight excluding hydrogens is 504 g/mol. The third kappa shape index (κ3) is 6.40. The first kappa shape index (κ1) is 27.7. The molecule has 2 saturated heterocycles. The zero-order valence-electron chi connectivity index (χ0n) is 24.0. The fourth-order valence-corrected chi connectivity index (χ4v) is 7.02. The lowest BCUT2D eigenvalue weighted by molar-refractivity contribution is -0.142. The van der Waals surface area contributed by atoms with Crippen molar-refractivity contribution >= 4 is 5.97 Å². The number of fused-ring (bicyclic) bond motifs is 1. The summed E-state index contributed by atoms with van der Waals surface area (Å²) >= 11 is 0. The highest BCUT2D eigenvalue weighted by atomic mass is 16.7. The molecule has 2 aromatic rings. The fourth-order valence-electron chi connectivity index (χ4n) is 7.02. The van der Waals surface area contributed by atoms with E-state index in [-0.39, 0.29) is 37.7 Å². The quantitative estimate of drug-likeness (QED) is 0.201. The second kappa shape index (κ2) is 12.6. The average molecular weight is 549 g/mol. The number of hydrogen-bond donors (Lipinski definition) is 0. The second-order valence-corrected chi connectivity index (χ2v) is 12.6. The van der Waals surface area contributed by atoms with Gasteiger partial charge in [-0.15, -0.1) is 0 Å². The predicted octanol–water partition coefficient (Wildman–Crippen LogP) is 7.01. The molecular formula is C34H44O6. The molecule has 6 rings (SSSR count). The minimum Gasteiger partial charge on any atom is -0.468 e. The third-order valence-corrected chi connectivity index (χ3v) is 9.77. The first-order valence-corrected chi connectivity index (χ1v) is 15.4. The van der Waals surface area contributed by atoms with Crippen molar-refractivity contribution in [2.75, 3.05) is 20.0 Å². The number of carbonyl (C=O) groups is 1. The molecule has 0 aromatic heterocycles. The van der Waals surface area contributed by atoms with E-state index in [1.54, 1.807) is 0 Å². The zero-order valence-corrected chi connectivity index (χ0v) is 24.0. The Morgan fingerprint density at radius 2 is 1.23 bits per heavy atom. The normalized spacial score (nSPS) is 33.9. The maximum atomic E-state index is 13.0. The molecule has 0 spiro atoms. The van der Waals surface area contributed by atoms with Crippen LogP contribution in [0.2, 0.25) is 0 Å². The summed E-state index contributed by atoms with van der Waals surface area (Å²) in [5.74, 6) is 3.56. The van der Waals surface area contributed by atoms with Gasteiger partial charge in [-0.1, -0.05) is 63.8 Å². The van der Waals surface area contributed by atoms with Gasteiger partial charge in [-0.25, -0.2) is 0 Å². The van der Waals surface area contributed by atoms with Crippen LogP contribution < -0.4 is 9.47 Å². The van der Waals surface area contributed by atoms with E-state index in [0.29, 0.717) is 24.2 Å². The van der Waals surface area contributed by atoms with E-state index >= 15 is 0 Å². The Bertz CT molecular complexity index is 1100. The van der Waals surface area contributed by atoms with Crippen LogP contribution in [-0.2, 0) is 19.0 Å². The Hall–Kier alpha value is -2.41. The van der Waals surface area contributed by atoms with Crippen LogP contribution in [0.4, 0.5) is 0 Å². The average Bonchev–Trinajstić information content (AvgIpc) is 3.58. The van der Waals surface area contributed by atoms with Crippen LogP contribution in [0.5, 0.6) is 11.5 Å². The SMILES string of the molecule is CC1CCC(c2ccc(OCO[C@H]3CO[C@H]4[C@@H]3OC[C@H]4C(=O)Oc3ccc(C4CCC(C)CC4)cc3)cc2)CC1. The van der Waals surface area contributed by atoms with E-state index in [1.165, 1.54) is 62.5 Å². The van der Waals surface area contributed by atoms with Gasteiger partial charge in [0.25, 0.3) is 0 Å². The molecule has 6 heteroatoms. The number of hydrogen-bond acceptors (Lipinski definition) is 6. The van der Waals surface area contributed by atoms with Gasteiger partial charge in [-0.2, -0.15) is 0 Å². The van der Waals surface area contributed by atoms with Crippen LogP contribution >= 0.6 is 0 Å². The molecule has 2 aliphatic heterocycles. The van der Waals surface area contributed by atoms with E-state index in [1.807, 2.05) is 24.3 Å². The molecule has 2 aliphatic carbocycles. The number of benzene rings is 2. The van der Waals surface area contributed by atoms with Crippen molar-refractivity contribution in [2.45, 2.75) is 95.4 Å². The first-order valence-electron chi connectivity index (χ1n) is 15.4. The van der Waals surface area contributed by atoms with Gasteiger partial charge in [0.1, 0.15) is 35.7 Å². The van der Waals surface area contributed by atoms with Gasteiger partial charge in [0.2, 0.25) is 0 Å². The van der Waals surface area contributed by atoms with Crippen LogP contribution in [0.15, 0.2) is 48.5 Å². The molecule has 4 fully saturated rings. The number of ether oxygens (including phenoxy) is 5. The second-order valence-electron chi connectivity index (χ2n) is 12.6. The number of esters is 1. The Kier molecular flexibility index (Phi) is 8.76. The van der Waals surface area contributed by atoms with E-state index < -0.39 is 5.92 Å². The summed E-state index contributed by atoms with van der Waals surface area (Å²) in [6.45, 7) is 5.45. The molecule has 0 unspecified atom stereocenters. The molecule has 4 atom stereocenters. The summed E-state index contributed by atoms with van der Waals surface area (Å²) < 4.78 is 29.5. The van der Waals surface area contributed by atoms with Crippen molar-refractivity contribution in [1.29, 1.82) is 0 Å². The Morgan fingerprint density at radius 3 is 1.80 bits per heavy atom. The molecule has 0 bridgehead atoms. The third-order valence-electron chi connectivity index (χ3n) is 9.77. The largest absolute Gasteiger partial charge is 0.468 e. The zero-order chi connectivity index (χ0) is 27.5. The summed E-state index contributed by atoms with van der Waals surface area (Å²) in [6, 6.07) is 16.5. The van der Waals surface area contributed by atoms with Crippen molar-refractivity contribution in [2.24, 2.45) is 17.8 Å². The molecule has 2 aromatic carbocycles. The minimum absolute atomic E-state index is 0.113. The summed E-state index contributed by atoms with van der Waals surface area (Å²) in [5.41, 5.74) is 2.74. The van der Waals surface area contributed by atoms with Crippen molar-refractivity contribution in [3.63, 3.8) is 0 Å². The molecule has 6 nitrogen and oxygen atoms in total. The first-order chi connectivity index (χ1) is 19.5. The summed E-state index contributed by atoms with van der Waals surface area (Å²) in [4.78, 5) is 13.0. The number of carbonyl (C=O) groups excluding carboxylic acids is 1. The van der Waals surface area contributed by atoms with Crippen LogP contribution in [0, 0.1) is 17.8 Å². The van der Waals surface area contributed by atoms with Gasteiger partial charge in [0, 0.05) is 0 Å². The highest BCUT2D eigenvalue weighted by Gasteiger charge is 2.51. The predicted molar refractivity (Wildman–Crippen MR) is 153 cm³/mol. The molecule has 4 aliphatic rings. The van der Waals surface area contributed by atoms with Crippen molar-refractivity contribution in [1.82, 2.24) is 0 Å². The van der Waals surface area contributed by atoms with Gasteiger partial charge >= 0.3 is 5.97 Å². The van der Waals surface area contributed by atoms with E-state index in [0.717, 1.165) is 17.6 Å². The lowest BCUT2D eigenvalue weighted by Gasteiger charge is -2.26. The van der Waals surface area contributed by atoms with Crippen LogP contribution in [0.3, 0.4) is 0 Å². The van der Waals surface area contributed by atoms with Gasteiger partial charge < -0.3 is 23.7 Å². The maximum absolute atomic E-state index is 13.0. The molecule has 0 N–H and O–H groups in total. The standard InChI is InChI=1S/C34H44O6/c1-22-3-7-24(8-4-22)26-11-15-28(16-12-26)38-21-39-31-20-37-32-30(19-36-33(31)32)34(35)40-29-17-13-27(14-18-29)25-9-5-23(2)6-10-25/h11-18,22-25,30-33H,3-10,19-21H2,1-2H3/t22?,23?,24?,25?,30-,31+,32-,33-/m1/s1. The minimum atomic E-state index is -0.464. The van der Waals surface area contributed by atoms with Gasteiger partial charge in [0.05, 0.1) is 13.2 Å². The molecule has 216 valence electrons. The number of rotatable bonds is 8. The summed E-state index contributed by atoms with van der Waals surface area (Å²) in [5, 5.41) is 0. The monoisotopic (exact) mass is 548 g/mol. The molecule has 0 amide bonds. The molecule has 40 heavy (non-hydrogen) atoms. The van der Waals surface area contributed by atoms with Crippen molar-refractivity contribution in [3.05, 3.63) is 59.7 Å².